The highest BCUT2D eigenvalue weighted by Crippen LogP contribution is 2.39. The molecule has 5 rings (SSSR count). The van der Waals surface area contributed by atoms with Crippen LogP contribution in [0.4, 0.5) is 0 Å². The van der Waals surface area contributed by atoms with Gasteiger partial charge in [-0.2, -0.15) is 0 Å². The molecule has 1 fully saturated rings. The quantitative estimate of drug-likeness (QED) is 0.838. The number of aryl methyl sites for hydroxylation is 1. The van der Waals surface area contributed by atoms with E-state index in [1.165, 1.54) is 4.31 Å². The number of fused-ring (bicyclic) bond motifs is 3. The Kier molecular flexibility index (Phi) is 4.36. The van der Waals surface area contributed by atoms with Crippen molar-refractivity contribution in [3.05, 3.63) is 59.8 Å². The van der Waals surface area contributed by atoms with Crippen molar-refractivity contribution in [3.8, 4) is 0 Å². The summed E-state index contributed by atoms with van der Waals surface area (Å²) in [5, 5.41) is 3.49. The minimum atomic E-state index is -3.67. The Morgan fingerprint density at radius 2 is 2.00 bits per heavy atom. The van der Waals surface area contributed by atoms with Crippen LogP contribution in [0.2, 0.25) is 0 Å². The Morgan fingerprint density at radius 3 is 2.76 bits per heavy atom. The summed E-state index contributed by atoms with van der Waals surface area (Å²) < 4.78 is 30.1. The molecule has 1 saturated heterocycles. The van der Waals surface area contributed by atoms with Gasteiger partial charge in [-0.05, 0) is 37.6 Å². The van der Waals surface area contributed by atoms with Gasteiger partial charge in [-0.1, -0.05) is 31.0 Å². The van der Waals surface area contributed by atoms with Gasteiger partial charge in [0.1, 0.15) is 0 Å². The normalized spacial score (nSPS) is 28.0. The van der Waals surface area contributed by atoms with Crippen molar-refractivity contribution in [2.45, 2.75) is 43.3 Å². The van der Waals surface area contributed by atoms with E-state index in [1.807, 2.05) is 31.3 Å². The van der Waals surface area contributed by atoms with Crippen LogP contribution in [-0.4, -0.2) is 47.7 Å². The lowest BCUT2D eigenvalue weighted by Crippen LogP contribution is -2.39. The van der Waals surface area contributed by atoms with Crippen LogP contribution in [0.5, 0.6) is 0 Å². The standard InChI is InChI=1S/C21H25N5O2S/c1-3-15-10-22-11-17(15)19-12-23-20-13-24-21-18(26(19)20)8-9-25(21)29(27,28)16-6-4-14(2)5-7-16/h4-9,12-13,15,17-18,21-22H,3,10-11H2,1-2H3. The molecule has 0 radical (unpaired) electrons. The van der Waals surface area contributed by atoms with Crippen LogP contribution >= 0.6 is 0 Å². The van der Waals surface area contributed by atoms with Crippen LogP contribution in [0.1, 0.15) is 42.4 Å². The summed E-state index contributed by atoms with van der Waals surface area (Å²) in [6, 6.07) is 6.77. The van der Waals surface area contributed by atoms with Gasteiger partial charge >= 0.3 is 0 Å². The first kappa shape index (κ1) is 18.6. The van der Waals surface area contributed by atoms with Crippen molar-refractivity contribution in [1.29, 1.82) is 0 Å². The van der Waals surface area contributed by atoms with E-state index in [2.05, 4.69) is 26.8 Å². The Labute approximate surface area is 171 Å². The molecule has 0 amide bonds. The number of rotatable bonds is 4. The fourth-order valence-electron chi connectivity index (χ4n) is 4.67. The van der Waals surface area contributed by atoms with Gasteiger partial charge in [0.2, 0.25) is 0 Å². The zero-order valence-corrected chi connectivity index (χ0v) is 17.4. The number of sulfonamides is 1. The molecule has 1 aromatic heterocycles. The maximum absolute atomic E-state index is 13.3. The van der Waals surface area contributed by atoms with Crippen molar-refractivity contribution < 1.29 is 8.42 Å². The third-order valence-electron chi connectivity index (χ3n) is 6.33. The SMILES string of the molecule is CCC1CNCC1c1cnc2n1C1C=CN(S(=O)(=O)c3ccc(C)cc3)C1N=C2. The number of benzene rings is 1. The monoisotopic (exact) mass is 411 g/mol. The smallest absolute Gasteiger partial charge is 0.265 e. The van der Waals surface area contributed by atoms with E-state index < -0.39 is 16.2 Å². The summed E-state index contributed by atoms with van der Waals surface area (Å²) in [5.41, 5.74) is 2.19. The molecule has 0 bridgehead atoms. The Morgan fingerprint density at radius 1 is 1.21 bits per heavy atom. The number of hydrogen-bond acceptors (Lipinski definition) is 5. The first-order valence-corrected chi connectivity index (χ1v) is 11.5. The topological polar surface area (TPSA) is 79.6 Å². The molecule has 29 heavy (non-hydrogen) atoms. The van der Waals surface area contributed by atoms with Crippen molar-refractivity contribution >= 4 is 16.2 Å². The average molecular weight is 412 g/mol. The van der Waals surface area contributed by atoms with Gasteiger partial charge in [-0.3, -0.25) is 4.99 Å². The zero-order valence-electron chi connectivity index (χ0n) is 16.6. The highest BCUT2D eigenvalue weighted by Gasteiger charge is 2.42. The number of aliphatic imine (C=N–C) groups is 1. The molecule has 4 unspecified atom stereocenters. The molecule has 152 valence electrons. The molecule has 3 aliphatic heterocycles. The average Bonchev–Trinajstić information content (AvgIpc) is 3.44. The van der Waals surface area contributed by atoms with Crippen LogP contribution in [0.3, 0.4) is 0 Å². The highest BCUT2D eigenvalue weighted by molar-refractivity contribution is 7.89. The van der Waals surface area contributed by atoms with E-state index >= 15 is 0 Å². The molecule has 2 aromatic rings. The molecule has 7 nitrogen and oxygen atoms in total. The van der Waals surface area contributed by atoms with Crippen LogP contribution in [0.25, 0.3) is 0 Å². The third-order valence-corrected chi connectivity index (χ3v) is 8.09. The van der Waals surface area contributed by atoms with E-state index in [0.717, 1.165) is 36.6 Å². The molecule has 0 saturated carbocycles. The van der Waals surface area contributed by atoms with E-state index in [1.54, 1.807) is 24.5 Å². The second-order valence-electron chi connectivity index (χ2n) is 8.02. The number of nitrogens with one attached hydrogen (secondary N) is 1. The molecule has 4 atom stereocenters. The van der Waals surface area contributed by atoms with E-state index in [-0.39, 0.29) is 10.9 Å². The van der Waals surface area contributed by atoms with Crippen molar-refractivity contribution in [3.63, 3.8) is 0 Å². The van der Waals surface area contributed by atoms with Crippen molar-refractivity contribution in [1.82, 2.24) is 19.2 Å². The second kappa shape index (κ2) is 6.81. The van der Waals surface area contributed by atoms with Gasteiger partial charge in [0.15, 0.2) is 12.0 Å². The van der Waals surface area contributed by atoms with Gasteiger partial charge < -0.3 is 9.88 Å². The fraction of sp³-hybridized carbons (Fsp3) is 0.429. The summed E-state index contributed by atoms with van der Waals surface area (Å²) in [6.07, 6.45) is 7.82. The lowest BCUT2D eigenvalue weighted by Gasteiger charge is -2.31. The van der Waals surface area contributed by atoms with Crippen LogP contribution in [0, 0.1) is 12.8 Å². The number of imidazole rings is 1. The molecular weight excluding hydrogens is 386 g/mol. The molecule has 0 aliphatic carbocycles. The van der Waals surface area contributed by atoms with Crippen LogP contribution < -0.4 is 5.32 Å². The van der Waals surface area contributed by atoms with Gasteiger partial charge in [-0.25, -0.2) is 17.7 Å². The highest BCUT2D eigenvalue weighted by atomic mass is 32.2. The summed E-state index contributed by atoms with van der Waals surface area (Å²) >= 11 is 0. The zero-order chi connectivity index (χ0) is 20.2. The van der Waals surface area contributed by atoms with Crippen molar-refractivity contribution in [2.24, 2.45) is 10.9 Å². The summed E-state index contributed by atoms with van der Waals surface area (Å²) in [5.74, 6) is 1.73. The molecule has 1 aromatic carbocycles. The van der Waals surface area contributed by atoms with E-state index in [4.69, 9.17) is 0 Å². The van der Waals surface area contributed by atoms with Gasteiger partial charge in [0, 0.05) is 30.6 Å². The predicted octanol–water partition coefficient (Wildman–Crippen LogP) is 2.42. The molecule has 8 heteroatoms. The maximum atomic E-state index is 13.3. The van der Waals surface area contributed by atoms with Gasteiger partial charge in [0.25, 0.3) is 10.0 Å². The number of nitrogens with zero attached hydrogens (tertiary/aromatic N) is 4. The summed E-state index contributed by atoms with van der Waals surface area (Å²) in [4.78, 5) is 9.42. The minimum absolute atomic E-state index is 0.175. The number of aromatic nitrogens is 2. The second-order valence-corrected chi connectivity index (χ2v) is 9.86. The van der Waals surface area contributed by atoms with Gasteiger partial charge in [-0.15, -0.1) is 0 Å². The van der Waals surface area contributed by atoms with Gasteiger partial charge in [0.05, 0.1) is 17.2 Å². The molecule has 1 N–H and O–H groups in total. The van der Waals surface area contributed by atoms with Crippen LogP contribution in [-0.2, 0) is 10.0 Å². The molecule has 0 spiro atoms. The number of hydrogen-bond donors (Lipinski definition) is 1. The minimum Gasteiger partial charge on any atom is -0.316 e. The van der Waals surface area contributed by atoms with Crippen LogP contribution in [0.15, 0.2) is 52.6 Å². The van der Waals surface area contributed by atoms with Crippen molar-refractivity contribution in [2.75, 3.05) is 13.1 Å². The maximum Gasteiger partial charge on any atom is 0.265 e. The summed E-state index contributed by atoms with van der Waals surface area (Å²) in [6.45, 7) is 6.09. The third kappa shape index (κ3) is 2.85. The van der Waals surface area contributed by atoms with E-state index in [9.17, 15) is 8.42 Å². The molecule has 3 aliphatic rings. The first-order chi connectivity index (χ1) is 14.0. The summed E-state index contributed by atoms with van der Waals surface area (Å²) in [7, 11) is -3.67. The predicted molar refractivity (Wildman–Crippen MR) is 111 cm³/mol. The first-order valence-electron chi connectivity index (χ1n) is 10.1. The van der Waals surface area contributed by atoms with E-state index in [0.29, 0.717) is 11.8 Å². The Hall–Kier alpha value is -2.45. The largest absolute Gasteiger partial charge is 0.316 e. The molecule has 4 heterocycles. The fourth-order valence-corrected chi connectivity index (χ4v) is 6.09. The Balaban J connectivity index is 1.50. The Bertz CT molecular complexity index is 1090. The molecular formula is C21H25N5O2S. The lowest BCUT2D eigenvalue weighted by molar-refractivity contribution is 0.345. The lowest BCUT2D eigenvalue weighted by atomic mass is 9.90.